The summed E-state index contributed by atoms with van der Waals surface area (Å²) in [5.74, 6) is 0.476. The van der Waals surface area contributed by atoms with Gasteiger partial charge in [0.2, 0.25) is 5.91 Å². The minimum atomic E-state index is -0.242. The second-order valence-corrected chi connectivity index (χ2v) is 4.68. The van der Waals surface area contributed by atoms with Gasteiger partial charge in [0.25, 0.3) is 0 Å². The molecule has 2 aliphatic heterocycles. The lowest BCUT2D eigenvalue weighted by molar-refractivity contribution is -0.139. The molecule has 0 bridgehead atoms. The lowest BCUT2D eigenvalue weighted by atomic mass is 9.95. The van der Waals surface area contributed by atoms with E-state index in [1.165, 1.54) is 0 Å². The fourth-order valence-corrected chi connectivity index (χ4v) is 2.32. The van der Waals surface area contributed by atoms with Crippen LogP contribution in [0.15, 0.2) is 0 Å². The molecule has 2 aliphatic rings. The number of hydrogen-bond donors (Lipinski definition) is 1. The molecule has 15 heavy (non-hydrogen) atoms. The number of carbonyl (C=O) groups is 1. The van der Waals surface area contributed by atoms with Crippen LogP contribution in [0.4, 0.5) is 0 Å². The van der Waals surface area contributed by atoms with E-state index in [2.05, 4.69) is 0 Å². The highest BCUT2D eigenvalue weighted by molar-refractivity contribution is 5.79. The molecule has 2 saturated heterocycles. The van der Waals surface area contributed by atoms with Gasteiger partial charge in [0.15, 0.2) is 0 Å². The third kappa shape index (κ3) is 2.32. The molecule has 0 aromatic carbocycles. The van der Waals surface area contributed by atoms with Gasteiger partial charge in [-0.25, -0.2) is 0 Å². The summed E-state index contributed by atoms with van der Waals surface area (Å²) in [5, 5.41) is 9.58. The first-order valence-electron chi connectivity index (χ1n) is 5.73. The summed E-state index contributed by atoms with van der Waals surface area (Å²) in [6.45, 7) is 4.67. The Bertz CT molecular complexity index is 238. The summed E-state index contributed by atoms with van der Waals surface area (Å²) in [4.78, 5) is 13.9. The Kier molecular flexibility index (Phi) is 3.26. The molecule has 1 amide bonds. The van der Waals surface area contributed by atoms with Gasteiger partial charge in [-0.15, -0.1) is 0 Å². The third-order valence-corrected chi connectivity index (χ3v) is 3.45. The third-order valence-electron chi connectivity index (χ3n) is 3.45. The molecule has 1 N–H and O–H groups in total. The zero-order valence-electron chi connectivity index (χ0n) is 9.19. The number of rotatable bonds is 1. The summed E-state index contributed by atoms with van der Waals surface area (Å²) < 4.78 is 5.22. The summed E-state index contributed by atoms with van der Waals surface area (Å²) in [7, 11) is 0. The molecule has 3 unspecified atom stereocenters. The maximum atomic E-state index is 12.0. The highest BCUT2D eigenvalue weighted by Gasteiger charge is 2.32. The lowest BCUT2D eigenvalue weighted by Gasteiger charge is -2.35. The molecule has 0 aromatic heterocycles. The molecule has 0 saturated carbocycles. The predicted molar refractivity (Wildman–Crippen MR) is 55.3 cm³/mol. The number of aliphatic hydroxyl groups excluding tert-OH is 1. The SMILES string of the molecule is CC1CN(C(=O)C2CCOC2)CCC1O. The van der Waals surface area contributed by atoms with Gasteiger partial charge in [0.1, 0.15) is 0 Å². The van der Waals surface area contributed by atoms with E-state index in [-0.39, 0.29) is 23.8 Å². The Labute approximate surface area is 90.2 Å². The smallest absolute Gasteiger partial charge is 0.228 e. The molecule has 2 heterocycles. The number of aliphatic hydroxyl groups is 1. The number of amides is 1. The van der Waals surface area contributed by atoms with Crippen molar-refractivity contribution in [2.45, 2.75) is 25.9 Å². The van der Waals surface area contributed by atoms with Crippen LogP contribution in [0.1, 0.15) is 19.8 Å². The molecule has 3 atom stereocenters. The lowest BCUT2D eigenvalue weighted by Crippen LogP contribution is -2.47. The van der Waals surface area contributed by atoms with Gasteiger partial charge in [-0.2, -0.15) is 0 Å². The Morgan fingerprint density at radius 2 is 2.27 bits per heavy atom. The molecular weight excluding hydrogens is 194 g/mol. The molecular formula is C11H19NO3. The van der Waals surface area contributed by atoms with Gasteiger partial charge in [-0.1, -0.05) is 6.92 Å². The van der Waals surface area contributed by atoms with Crippen LogP contribution in [0.25, 0.3) is 0 Å². The monoisotopic (exact) mass is 213 g/mol. The van der Waals surface area contributed by atoms with E-state index in [9.17, 15) is 9.90 Å². The fraction of sp³-hybridized carbons (Fsp3) is 0.909. The highest BCUT2D eigenvalue weighted by atomic mass is 16.5. The maximum absolute atomic E-state index is 12.0. The molecule has 2 fully saturated rings. The van der Waals surface area contributed by atoms with E-state index < -0.39 is 0 Å². The van der Waals surface area contributed by atoms with Crippen LogP contribution in [0.2, 0.25) is 0 Å². The van der Waals surface area contributed by atoms with Gasteiger partial charge in [-0.05, 0) is 18.8 Å². The number of ether oxygens (including phenoxy) is 1. The largest absolute Gasteiger partial charge is 0.393 e. The van der Waals surface area contributed by atoms with E-state index in [4.69, 9.17) is 4.74 Å². The van der Waals surface area contributed by atoms with Crippen molar-refractivity contribution in [1.82, 2.24) is 4.90 Å². The van der Waals surface area contributed by atoms with Crippen LogP contribution in [-0.4, -0.2) is 48.3 Å². The van der Waals surface area contributed by atoms with E-state index >= 15 is 0 Å². The molecule has 2 rings (SSSR count). The summed E-state index contributed by atoms with van der Waals surface area (Å²) >= 11 is 0. The van der Waals surface area contributed by atoms with Crippen LogP contribution in [0.5, 0.6) is 0 Å². The number of carbonyl (C=O) groups excluding carboxylic acids is 1. The average molecular weight is 213 g/mol. The van der Waals surface area contributed by atoms with Crippen molar-refractivity contribution < 1.29 is 14.6 Å². The van der Waals surface area contributed by atoms with Crippen molar-refractivity contribution in [3.63, 3.8) is 0 Å². The number of hydrogen-bond acceptors (Lipinski definition) is 3. The average Bonchev–Trinajstić information content (AvgIpc) is 2.74. The molecule has 4 nitrogen and oxygen atoms in total. The zero-order valence-corrected chi connectivity index (χ0v) is 9.19. The predicted octanol–water partition coefficient (Wildman–Crippen LogP) is 0.252. The van der Waals surface area contributed by atoms with Crippen LogP contribution in [0.3, 0.4) is 0 Å². The van der Waals surface area contributed by atoms with Crippen molar-refractivity contribution in [1.29, 1.82) is 0 Å². The van der Waals surface area contributed by atoms with Crippen LogP contribution in [0, 0.1) is 11.8 Å². The van der Waals surface area contributed by atoms with Crippen molar-refractivity contribution in [3.8, 4) is 0 Å². The zero-order chi connectivity index (χ0) is 10.8. The molecule has 0 radical (unpaired) electrons. The molecule has 0 spiro atoms. The second-order valence-electron chi connectivity index (χ2n) is 4.68. The number of piperidine rings is 1. The van der Waals surface area contributed by atoms with E-state index in [1.807, 2.05) is 11.8 Å². The Balaban J connectivity index is 1.90. The van der Waals surface area contributed by atoms with E-state index in [0.717, 1.165) is 6.42 Å². The molecule has 0 aromatic rings. The second kappa shape index (κ2) is 4.49. The Morgan fingerprint density at radius 1 is 1.47 bits per heavy atom. The van der Waals surface area contributed by atoms with Gasteiger partial charge in [0, 0.05) is 19.7 Å². The molecule has 4 heteroatoms. The van der Waals surface area contributed by atoms with Gasteiger partial charge in [0.05, 0.1) is 18.6 Å². The summed E-state index contributed by atoms with van der Waals surface area (Å²) in [6.07, 6.45) is 1.32. The summed E-state index contributed by atoms with van der Waals surface area (Å²) in [6, 6.07) is 0. The first-order valence-corrected chi connectivity index (χ1v) is 5.73. The van der Waals surface area contributed by atoms with Crippen molar-refractivity contribution in [3.05, 3.63) is 0 Å². The van der Waals surface area contributed by atoms with Gasteiger partial charge in [-0.3, -0.25) is 4.79 Å². The van der Waals surface area contributed by atoms with Crippen molar-refractivity contribution >= 4 is 5.91 Å². The minimum Gasteiger partial charge on any atom is -0.393 e. The Morgan fingerprint density at radius 3 is 2.87 bits per heavy atom. The fourth-order valence-electron chi connectivity index (χ4n) is 2.32. The van der Waals surface area contributed by atoms with E-state index in [0.29, 0.717) is 32.7 Å². The maximum Gasteiger partial charge on any atom is 0.228 e. The van der Waals surface area contributed by atoms with Gasteiger partial charge >= 0.3 is 0 Å². The standard InChI is InChI=1S/C11H19NO3/c1-8-6-12(4-2-10(8)13)11(14)9-3-5-15-7-9/h8-10,13H,2-7H2,1H3. The number of likely N-dealkylation sites (tertiary alicyclic amines) is 1. The summed E-state index contributed by atoms with van der Waals surface area (Å²) in [5.41, 5.74) is 0. The van der Waals surface area contributed by atoms with Crippen LogP contribution >= 0.6 is 0 Å². The first kappa shape index (κ1) is 10.9. The normalized spacial score (nSPS) is 36.9. The van der Waals surface area contributed by atoms with Crippen molar-refractivity contribution in [2.75, 3.05) is 26.3 Å². The minimum absolute atomic E-state index is 0.0624. The van der Waals surface area contributed by atoms with Gasteiger partial charge < -0.3 is 14.7 Å². The number of nitrogens with zero attached hydrogens (tertiary/aromatic N) is 1. The topological polar surface area (TPSA) is 49.8 Å². The van der Waals surface area contributed by atoms with E-state index in [1.54, 1.807) is 0 Å². The quantitative estimate of drug-likeness (QED) is 0.679. The first-order chi connectivity index (χ1) is 7.18. The molecule has 86 valence electrons. The van der Waals surface area contributed by atoms with Crippen LogP contribution in [-0.2, 0) is 9.53 Å². The Hall–Kier alpha value is -0.610. The molecule has 0 aliphatic carbocycles. The highest BCUT2D eigenvalue weighted by Crippen LogP contribution is 2.21. The van der Waals surface area contributed by atoms with Crippen LogP contribution < -0.4 is 0 Å². The van der Waals surface area contributed by atoms with Crippen molar-refractivity contribution in [2.24, 2.45) is 11.8 Å².